The lowest BCUT2D eigenvalue weighted by Gasteiger charge is -2.10. The fourth-order valence-corrected chi connectivity index (χ4v) is 2.83. The SMILES string of the molecule is CC(CC(=O)Nc1cccc(C(F)(F)F)c1)=NNC(=O)COc1ccc(Br)cc1C. The van der Waals surface area contributed by atoms with Crippen molar-refractivity contribution in [1.29, 1.82) is 0 Å². The van der Waals surface area contributed by atoms with E-state index in [0.717, 1.165) is 22.2 Å². The largest absolute Gasteiger partial charge is 0.483 e. The number of anilines is 1. The van der Waals surface area contributed by atoms with Crippen LogP contribution in [0.1, 0.15) is 24.5 Å². The Kier molecular flexibility index (Phi) is 7.99. The molecule has 0 saturated heterocycles. The van der Waals surface area contributed by atoms with Gasteiger partial charge in [0.2, 0.25) is 5.91 Å². The number of hydrogen-bond donors (Lipinski definition) is 2. The summed E-state index contributed by atoms with van der Waals surface area (Å²) in [5.41, 5.74) is 2.55. The molecule has 30 heavy (non-hydrogen) atoms. The summed E-state index contributed by atoms with van der Waals surface area (Å²) < 4.78 is 44.5. The Morgan fingerprint density at radius 2 is 1.87 bits per heavy atom. The van der Waals surface area contributed by atoms with Crippen LogP contribution in [-0.4, -0.2) is 24.1 Å². The predicted octanol–water partition coefficient (Wildman–Crippen LogP) is 4.68. The molecule has 6 nitrogen and oxygen atoms in total. The van der Waals surface area contributed by atoms with Gasteiger partial charge in [0.05, 0.1) is 12.0 Å². The summed E-state index contributed by atoms with van der Waals surface area (Å²) in [4.78, 5) is 23.8. The van der Waals surface area contributed by atoms with Crippen molar-refractivity contribution in [3.63, 3.8) is 0 Å². The molecule has 0 aliphatic rings. The Hall–Kier alpha value is -2.88. The van der Waals surface area contributed by atoms with E-state index in [0.29, 0.717) is 5.75 Å². The van der Waals surface area contributed by atoms with Gasteiger partial charge in [0, 0.05) is 15.9 Å². The summed E-state index contributed by atoms with van der Waals surface area (Å²) in [7, 11) is 0. The van der Waals surface area contributed by atoms with Gasteiger partial charge in [-0.2, -0.15) is 18.3 Å². The van der Waals surface area contributed by atoms with Crippen LogP contribution < -0.4 is 15.5 Å². The van der Waals surface area contributed by atoms with Crippen molar-refractivity contribution in [2.24, 2.45) is 5.10 Å². The Labute approximate surface area is 179 Å². The molecule has 2 N–H and O–H groups in total. The van der Waals surface area contributed by atoms with Gasteiger partial charge in [0.1, 0.15) is 5.75 Å². The Morgan fingerprint density at radius 3 is 2.53 bits per heavy atom. The average Bonchev–Trinajstić information content (AvgIpc) is 2.65. The van der Waals surface area contributed by atoms with Gasteiger partial charge in [-0.1, -0.05) is 22.0 Å². The third-order valence-electron chi connectivity index (χ3n) is 3.76. The fourth-order valence-electron chi connectivity index (χ4n) is 2.36. The molecule has 0 spiro atoms. The van der Waals surface area contributed by atoms with Crippen molar-refractivity contribution in [3.8, 4) is 5.75 Å². The van der Waals surface area contributed by atoms with E-state index in [1.165, 1.54) is 19.1 Å². The number of nitrogens with zero attached hydrogens (tertiary/aromatic N) is 1. The molecule has 0 radical (unpaired) electrons. The van der Waals surface area contributed by atoms with E-state index >= 15 is 0 Å². The van der Waals surface area contributed by atoms with Crippen molar-refractivity contribution >= 4 is 39.1 Å². The number of ether oxygens (including phenoxy) is 1. The van der Waals surface area contributed by atoms with Gasteiger partial charge in [0.15, 0.2) is 6.61 Å². The molecule has 0 fully saturated rings. The zero-order valence-corrected chi connectivity index (χ0v) is 17.7. The minimum atomic E-state index is -4.50. The first-order valence-electron chi connectivity index (χ1n) is 8.72. The van der Waals surface area contributed by atoms with E-state index in [1.54, 1.807) is 12.1 Å². The number of rotatable bonds is 7. The van der Waals surface area contributed by atoms with Crippen molar-refractivity contribution < 1.29 is 27.5 Å². The highest BCUT2D eigenvalue weighted by atomic mass is 79.9. The molecule has 0 bridgehead atoms. The Morgan fingerprint density at radius 1 is 1.13 bits per heavy atom. The summed E-state index contributed by atoms with van der Waals surface area (Å²) >= 11 is 3.33. The van der Waals surface area contributed by atoms with Crippen LogP contribution in [0.2, 0.25) is 0 Å². The van der Waals surface area contributed by atoms with E-state index < -0.39 is 23.6 Å². The highest BCUT2D eigenvalue weighted by Crippen LogP contribution is 2.30. The summed E-state index contributed by atoms with van der Waals surface area (Å²) in [6.45, 7) is 3.07. The average molecular weight is 486 g/mol. The number of hydrazone groups is 1. The van der Waals surface area contributed by atoms with Gasteiger partial charge in [-0.25, -0.2) is 5.43 Å². The molecule has 0 aliphatic carbocycles. The van der Waals surface area contributed by atoms with E-state index in [1.807, 2.05) is 13.0 Å². The first-order chi connectivity index (χ1) is 14.0. The number of nitrogens with one attached hydrogen (secondary N) is 2. The molecule has 2 amide bonds. The van der Waals surface area contributed by atoms with E-state index in [2.05, 4.69) is 31.8 Å². The van der Waals surface area contributed by atoms with Crippen molar-refractivity contribution in [3.05, 3.63) is 58.1 Å². The number of aryl methyl sites for hydroxylation is 1. The molecule has 0 heterocycles. The maximum absolute atomic E-state index is 12.7. The summed E-state index contributed by atoms with van der Waals surface area (Å²) in [6, 6.07) is 9.66. The molecule has 0 unspecified atom stereocenters. The Balaban J connectivity index is 1.83. The van der Waals surface area contributed by atoms with Crippen LogP contribution in [-0.2, 0) is 15.8 Å². The van der Waals surface area contributed by atoms with Gasteiger partial charge < -0.3 is 10.1 Å². The minimum absolute atomic E-state index is 0.0185. The molecule has 2 rings (SSSR count). The van der Waals surface area contributed by atoms with E-state index in [4.69, 9.17) is 4.74 Å². The quantitative estimate of drug-likeness (QED) is 0.441. The maximum atomic E-state index is 12.7. The second kappa shape index (κ2) is 10.2. The standard InChI is InChI=1S/C20H19BrF3N3O3/c1-12-8-15(21)6-7-17(12)30-11-19(29)27-26-13(2)9-18(28)25-16-5-3-4-14(10-16)20(22,23)24/h3-8,10H,9,11H2,1-2H3,(H,25,28)(H,27,29). The number of carbonyl (C=O) groups excluding carboxylic acids is 2. The number of benzene rings is 2. The highest BCUT2D eigenvalue weighted by molar-refractivity contribution is 9.10. The third-order valence-corrected chi connectivity index (χ3v) is 4.25. The van der Waals surface area contributed by atoms with Crippen molar-refractivity contribution in [2.45, 2.75) is 26.4 Å². The van der Waals surface area contributed by atoms with Crippen LogP contribution in [0.5, 0.6) is 5.75 Å². The van der Waals surface area contributed by atoms with E-state index in [9.17, 15) is 22.8 Å². The molecule has 2 aromatic rings. The number of alkyl halides is 3. The van der Waals surface area contributed by atoms with Crippen LogP contribution in [0.25, 0.3) is 0 Å². The van der Waals surface area contributed by atoms with Gasteiger partial charge in [-0.05, 0) is 55.8 Å². The topological polar surface area (TPSA) is 79.8 Å². The minimum Gasteiger partial charge on any atom is -0.483 e. The lowest BCUT2D eigenvalue weighted by Crippen LogP contribution is -2.26. The van der Waals surface area contributed by atoms with Gasteiger partial charge in [0.25, 0.3) is 5.91 Å². The zero-order valence-electron chi connectivity index (χ0n) is 16.1. The first kappa shape index (κ1) is 23.4. The first-order valence-corrected chi connectivity index (χ1v) is 9.52. The van der Waals surface area contributed by atoms with Crippen LogP contribution in [0.3, 0.4) is 0 Å². The second-order valence-electron chi connectivity index (χ2n) is 6.38. The summed E-state index contributed by atoms with van der Waals surface area (Å²) in [5.74, 6) is -0.531. The highest BCUT2D eigenvalue weighted by Gasteiger charge is 2.30. The Bertz CT molecular complexity index is 962. The molecule has 10 heteroatoms. The number of amides is 2. The normalized spacial score (nSPS) is 11.7. The lowest BCUT2D eigenvalue weighted by atomic mass is 10.2. The van der Waals surface area contributed by atoms with E-state index in [-0.39, 0.29) is 24.4 Å². The molecular weight excluding hydrogens is 467 g/mol. The zero-order chi connectivity index (χ0) is 22.3. The van der Waals surface area contributed by atoms with Gasteiger partial charge >= 0.3 is 6.18 Å². The summed E-state index contributed by atoms with van der Waals surface area (Å²) in [5, 5.41) is 6.17. The third kappa shape index (κ3) is 7.51. The van der Waals surface area contributed by atoms with Gasteiger partial charge in [-0.15, -0.1) is 0 Å². The molecule has 0 saturated carbocycles. The molecule has 2 aromatic carbocycles. The fraction of sp³-hybridized carbons (Fsp3) is 0.250. The van der Waals surface area contributed by atoms with Crippen LogP contribution in [0.15, 0.2) is 52.0 Å². The smallest absolute Gasteiger partial charge is 0.416 e. The van der Waals surface area contributed by atoms with Crippen LogP contribution in [0.4, 0.5) is 18.9 Å². The summed E-state index contributed by atoms with van der Waals surface area (Å²) in [6.07, 6.45) is -4.71. The molecule has 160 valence electrons. The van der Waals surface area contributed by atoms with Crippen LogP contribution >= 0.6 is 15.9 Å². The van der Waals surface area contributed by atoms with Crippen LogP contribution in [0, 0.1) is 6.92 Å². The maximum Gasteiger partial charge on any atom is 0.416 e. The molecule has 0 atom stereocenters. The van der Waals surface area contributed by atoms with Crippen molar-refractivity contribution in [1.82, 2.24) is 5.43 Å². The number of hydrogen-bond acceptors (Lipinski definition) is 4. The molecular formula is C20H19BrF3N3O3. The monoisotopic (exact) mass is 485 g/mol. The molecule has 0 aromatic heterocycles. The predicted molar refractivity (Wildman–Crippen MR) is 110 cm³/mol. The van der Waals surface area contributed by atoms with Gasteiger partial charge in [-0.3, -0.25) is 9.59 Å². The van der Waals surface area contributed by atoms with Crippen molar-refractivity contribution in [2.75, 3.05) is 11.9 Å². The number of halogens is 4. The lowest BCUT2D eigenvalue weighted by molar-refractivity contribution is -0.137. The number of carbonyl (C=O) groups is 2. The second-order valence-corrected chi connectivity index (χ2v) is 7.30. The molecule has 0 aliphatic heterocycles.